The van der Waals surface area contributed by atoms with E-state index in [4.69, 9.17) is 4.74 Å². The van der Waals surface area contributed by atoms with E-state index in [1.54, 1.807) is 19.2 Å². The molecule has 23 heavy (non-hydrogen) atoms. The number of amides is 1. The Balaban J connectivity index is 2.04. The minimum Gasteiger partial charge on any atom is -0.497 e. The van der Waals surface area contributed by atoms with E-state index in [0.717, 1.165) is 15.8 Å². The van der Waals surface area contributed by atoms with Crippen LogP contribution in [0.1, 0.15) is 22.0 Å². The number of hydrogen-bond acceptors (Lipinski definition) is 3. The molecule has 1 atom stereocenters. The summed E-state index contributed by atoms with van der Waals surface area (Å²) in [5.74, 6) is 0.753. The number of likely N-dealkylation sites (N-methyl/N-ethyl adjacent to an activating group) is 1. The first-order chi connectivity index (χ1) is 11.0. The highest BCUT2D eigenvalue weighted by Gasteiger charge is 2.16. The molecule has 122 valence electrons. The lowest BCUT2D eigenvalue weighted by Gasteiger charge is -2.25. The number of ether oxygens (including phenoxy) is 1. The maximum absolute atomic E-state index is 12.2. The Morgan fingerprint density at radius 2 is 1.74 bits per heavy atom. The zero-order valence-corrected chi connectivity index (χ0v) is 15.1. The molecule has 1 unspecified atom stereocenters. The van der Waals surface area contributed by atoms with Gasteiger partial charge in [-0.2, -0.15) is 0 Å². The Morgan fingerprint density at radius 1 is 1.13 bits per heavy atom. The Bertz CT molecular complexity index is 639. The number of nitrogens with one attached hydrogen (secondary N) is 1. The van der Waals surface area contributed by atoms with E-state index in [1.807, 2.05) is 50.5 Å². The van der Waals surface area contributed by atoms with Crippen LogP contribution in [0.2, 0.25) is 0 Å². The average molecular weight is 377 g/mol. The van der Waals surface area contributed by atoms with E-state index in [1.165, 1.54) is 0 Å². The fourth-order valence-electron chi connectivity index (χ4n) is 2.32. The van der Waals surface area contributed by atoms with E-state index >= 15 is 0 Å². The minimum absolute atomic E-state index is 0.0714. The molecule has 0 spiro atoms. The lowest BCUT2D eigenvalue weighted by atomic mass is 10.1. The number of rotatable bonds is 6. The first-order valence-electron chi connectivity index (χ1n) is 7.35. The summed E-state index contributed by atoms with van der Waals surface area (Å²) < 4.78 is 6.14. The molecule has 0 aliphatic heterocycles. The molecule has 1 N–H and O–H groups in total. The van der Waals surface area contributed by atoms with Gasteiger partial charge in [0.2, 0.25) is 0 Å². The third-order valence-electron chi connectivity index (χ3n) is 3.69. The van der Waals surface area contributed by atoms with Crippen LogP contribution in [0.4, 0.5) is 0 Å². The quantitative estimate of drug-likeness (QED) is 0.838. The van der Waals surface area contributed by atoms with Gasteiger partial charge in [0.05, 0.1) is 13.2 Å². The Kier molecular flexibility index (Phi) is 6.19. The van der Waals surface area contributed by atoms with E-state index in [2.05, 4.69) is 26.1 Å². The van der Waals surface area contributed by atoms with E-state index in [-0.39, 0.29) is 11.9 Å². The van der Waals surface area contributed by atoms with Crippen molar-refractivity contribution in [2.24, 2.45) is 0 Å². The summed E-state index contributed by atoms with van der Waals surface area (Å²) in [6.45, 7) is 0.536. The van der Waals surface area contributed by atoms with Crippen molar-refractivity contribution >= 4 is 21.8 Å². The lowest BCUT2D eigenvalue weighted by molar-refractivity contribution is 0.0942. The number of methoxy groups -OCH3 is 1. The van der Waals surface area contributed by atoms with Crippen molar-refractivity contribution in [1.29, 1.82) is 0 Å². The number of benzene rings is 2. The smallest absolute Gasteiger partial charge is 0.251 e. The van der Waals surface area contributed by atoms with Gasteiger partial charge in [0, 0.05) is 16.6 Å². The Morgan fingerprint density at radius 3 is 2.26 bits per heavy atom. The summed E-state index contributed by atoms with van der Waals surface area (Å²) in [6.07, 6.45) is 0. The third-order valence-corrected chi connectivity index (χ3v) is 4.21. The summed E-state index contributed by atoms with van der Waals surface area (Å²) >= 11 is 3.37. The van der Waals surface area contributed by atoms with Gasteiger partial charge in [-0.15, -0.1) is 0 Å². The van der Waals surface area contributed by atoms with Crippen molar-refractivity contribution in [3.63, 3.8) is 0 Å². The SMILES string of the molecule is COc1ccc(C(CNC(=O)c2ccc(Br)cc2)N(C)C)cc1. The molecule has 2 aromatic carbocycles. The largest absolute Gasteiger partial charge is 0.497 e. The van der Waals surface area contributed by atoms with Crippen LogP contribution in [0.3, 0.4) is 0 Å². The molecule has 0 fully saturated rings. The molecule has 2 aromatic rings. The molecule has 5 heteroatoms. The first-order valence-corrected chi connectivity index (χ1v) is 8.14. The lowest BCUT2D eigenvalue weighted by Crippen LogP contribution is -2.34. The topological polar surface area (TPSA) is 41.6 Å². The number of carbonyl (C=O) groups excluding carboxylic acids is 1. The highest BCUT2D eigenvalue weighted by atomic mass is 79.9. The van der Waals surface area contributed by atoms with Crippen LogP contribution < -0.4 is 10.1 Å². The van der Waals surface area contributed by atoms with Gasteiger partial charge < -0.3 is 15.0 Å². The van der Waals surface area contributed by atoms with Crippen LogP contribution in [-0.4, -0.2) is 38.6 Å². The van der Waals surface area contributed by atoms with Gasteiger partial charge >= 0.3 is 0 Å². The summed E-state index contributed by atoms with van der Waals surface area (Å²) in [6, 6.07) is 15.3. The molecular weight excluding hydrogens is 356 g/mol. The second-order valence-electron chi connectivity index (χ2n) is 5.47. The van der Waals surface area contributed by atoms with Crippen LogP contribution in [-0.2, 0) is 0 Å². The van der Waals surface area contributed by atoms with E-state index in [0.29, 0.717) is 12.1 Å². The van der Waals surface area contributed by atoms with Gasteiger partial charge in [-0.3, -0.25) is 4.79 Å². The molecule has 0 aliphatic rings. The predicted octanol–water partition coefficient (Wildman–Crippen LogP) is 3.49. The van der Waals surface area contributed by atoms with Crippen molar-refractivity contribution in [2.45, 2.75) is 6.04 Å². The van der Waals surface area contributed by atoms with Crippen LogP contribution in [0.5, 0.6) is 5.75 Å². The normalized spacial score (nSPS) is 12.0. The molecule has 0 saturated heterocycles. The molecule has 0 bridgehead atoms. The molecule has 0 aromatic heterocycles. The Labute approximate surface area is 145 Å². The summed E-state index contributed by atoms with van der Waals surface area (Å²) in [4.78, 5) is 14.3. The minimum atomic E-state index is -0.0714. The zero-order chi connectivity index (χ0) is 16.8. The third kappa shape index (κ3) is 4.81. The molecule has 0 heterocycles. The molecule has 0 saturated carbocycles. The van der Waals surface area contributed by atoms with Crippen LogP contribution in [0, 0.1) is 0 Å². The Hall–Kier alpha value is -1.85. The fraction of sp³-hybridized carbons (Fsp3) is 0.278. The second-order valence-corrected chi connectivity index (χ2v) is 6.39. The van der Waals surface area contributed by atoms with Crippen LogP contribution in [0.15, 0.2) is 53.0 Å². The second kappa shape index (κ2) is 8.13. The number of halogens is 1. The number of carbonyl (C=O) groups is 1. The molecule has 1 amide bonds. The maximum atomic E-state index is 12.2. The predicted molar refractivity (Wildman–Crippen MR) is 95.9 cm³/mol. The van der Waals surface area contributed by atoms with Gasteiger partial charge in [0.25, 0.3) is 5.91 Å². The highest BCUT2D eigenvalue weighted by molar-refractivity contribution is 9.10. The summed E-state index contributed by atoms with van der Waals surface area (Å²) in [7, 11) is 5.65. The summed E-state index contributed by atoms with van der Waals surface area (Å²) in [5, 5.41) is 3.00. The van der Waals surface area contributed by atoms with Crippen molar-refractivity contribution < 1.29 is 9.53 Å². The summed E-state index contributed by atoms with van der Waals surface area (Å²) in [5.41, 5.74) is 1.78. The molecule has 0 aliphatic carbocycles. The van der Waals surface area contributed by atoms with Crippen molar-refractivity contribution in [2.75, 3.05) is 27.7 Å². The monoisotopic (exact) mass is 376 g/mol. The zero-order valence-electron chi connectivity index (χ0n) is 13.5. The van der Waals surface area contributed by atoms with Crippen molar-refractivity contribution in [3.05, 3.63) is 64.1 Å². The number of nitrogens with zero attached hydrogens (tertiary/aromatic N) is 1. The van der Waals surface area contributed by atoms with Gasteiger partial charge in [-0.1, -0.05) is 28.1 Å². The van der Waals surface area contributed by atoms with E-state index < -0.39 is 0 Å². The standard InChI is InChI=1S/C18H21BrN2O2/c1-21(2)17(13-6-10-16(23-3)11-7-13)12-20-18(22)14-4-8-15(19)9-5-14/h4-11,17H,12H2,1-3H3,(H,20,22). The highest BCUT2D eigenvalue weighted by Crippen LogP contribution is 2.21. The fourth-order valence-corrected chi connectivity index (χ4v) is 2.58. The van der Waals surface area contributed by atoms with Crippen molar-refractivity contribution in [1.82, 2.24) is 10.2 Å². The van der Waals surface area contributed by atoms with Crippen LogP contribution >= 0.6 is 15.9 Å². The van der Waals surface area contributed by atoms with E-state index in [9.17, 15) is 4.79 Å². The van der Waals surface area contributed by atoms with Gasteiger partial charge in [-0.05, 0) is 56.1 Å². The van der Waals surface area contributed by atoms with Gasteiger partial charge in [-0.25, -0.2) is 0 Å². The number of hydrogen-bond donors (Lipinski definition) is 1. The molecule has 2 rings (SSSR count). The van der Waals surface area contributed by atoms with Gasteiger partial charge in [0.1, 0.15) is 5.75 Å². The maximum Gasteiger partial charge on any atom is 0.251 e. The molecule has 0 radical (unpaired) electrons. The van der Waals surface area contributed by atoms with Crippen LogP contribution in [0.25, 0.3) is 0 Å². The molecule has 4 nitrogen and oxygen atoms in total. The average Bonchev–Trinajstić information content (AvgIpc) is 2.55. The van der Waals surface area contributed by atoms with Crippen molar-refractivity contribution in [3.8, 4) is 5.75 Å². The first kappa shape index (κ1) is 17.5. The van der Waals surface area contributed by atoms with Gasteiger partial charge in [0.15, 0.2) is 0 Å². The molecular formula is C18H21BrN2O2.